The summed E-state index contributed by atoms with van der Waals surface area (Å²) >= 11 is 0. The Morgan fingerprint density at radius 3 is 2.89 bits per heavy atom. The lowest BCUT2D eigenvalue weighted by molar-refractivity contribution is 0.0957. The molecule has 0 saturated heterocycles. The van der Waals surface area contributed by atoms with Crippen molar-refractivity contribution in [3.63, 3.8) is 0 Å². The fourth-order valence-electron chi connectivity index (χ4n) is 2.92. The van der Waals surface area contributed by atoms with E-state index in [0.717, 1.165) is 4.68 Å². The van der Waals surface area contributed by atoms with Crippen LogP contribution < -0.4 is 21.3 Å². The van der Waals surface area contributed by atoms with E-state index in [0.29, 0.717) is 17.6 Å². The lowest BCUT2D eigenvalue weighted by atomic mass is 10.1. The summed E-state index contributed by atoms with van der Waals surface area (Å²) in [4.78, 5) is 32.5. The third kappa shape index (κ3) is 2.96. The number of carbonyl (C=O) groups is 1. The first-order chi connectivity index (χ1) is 12.9. The summed E-state index contributed by atoms with van der Waals surface area (Å²) < 4.78 is 31.8. The monoisotopic (exact) mass is 376 g/mol. The Morgan fingerprint density at radius 1 is 1.30 bits per heavy atom. The van der Waals surface area contributed by atoms with E-state index >= 15 is 0 Å². The molecule has 0 spiro atoms. The number of anilines is 1. The SMILES string of the molecule is Nc1nc(-c2ccc3c(c2)c(=O)[nH]n3CC(F)F)nc2c1C(=O)NCCO2. The standard InChI is InChI=1S/C16H14F2N6O3/c17-10(18)6-24-9-2-1-7(5-8(9)14(25)23-24)13-21-12(19)11-15(26)20-3-4-27-16(11)22-13/h1-2,5,10H,3-4,6H2,(H,20,26)(H,23,25)(H2,19,21,22). The number of amides is 1. The summed E-state index contributed by atoms with van der Waals surface area (Å²) in [6, 6.07) is 4.58. The van der Waals surface area contributed by atoms with Crippen LogP contribution in [0.1, 0.15) is 10.4 Å². The molecule has 0 aliphatic carbocycles. The van der Waals surface area contributed by atoms with Crippen molar-refractivity contribution in [2.45, 2.75) is 13.0 Å². The number of hydrogen-bond acceptors (Lipinski definition) is 6. The number of aromatic nitrogens is 4. The highest BCUT2D eigenvalue weighted by molar-refractivity contribution is 6.01. The first kappa shape index (κ1) is 16.9. The van der Waals surface area contributed by atoms with Gasteiger partial charge in [0.25, 0.3) is 17.9 Å². The second-order valence-electron chi connectivity index (χ2n) is 5.89. The molecule has 3 aromatic rings. The molecule has 140 valence electrons. The zero-order valence-electron chi connectivity index (χ0n) is 13.8. The number of ether oxygens (including phenoxy) is 1. The van der Waals surface area contributed by atoms with E-state index in [2.05, 4.69) is 20.4 Å². The third-order valence-corrected chi connectivity index (χ3v) is 4.10. The molecule has 0 bridgehead atoms. The third-order valence-electron chi connectivity index (χ3n) is 4.10. The van der Waals surface area contributed by atoms with Crippen molar-refractivity contribution < 1.29 is 18.3 Å². The van der Waals surface area contributed by atoms with Crippen molar-refractivity contribution in [2.75, 3.05) is 18.9 Å². The van der Waals surface area contributed by atoms with Gasteiger partial charge in [-0.1, -0.05) is 0 Å². The van der Waals surface area contributed by atoms with Crippen LogP contribution >= 0.6 is 0 Å². The van der Waals surface area contributed by atoms with Gasteiger partial charge in [-0.2, -0.15) is 4.98 Å². The number of nitrogens with two attached hydrogens (primary N) is 1. The predicted molar refractivity (Wildman–Crippen MR) is 91.8 cm³/mol. The van der Waals surface area contributed by atoms with Crippen molar-refractivity contribution in [3.05, 3.63) is 34.1 Å². The minimum absolute atomic E-state index is 0.0526. The van der Waals surface area contributed by atoms with Gasteiger partial charge < -0.3 is 15.8 Å². The molecule has 0 fully saturated rings. The number of hydrogen-bond donors (Lipinski definition) is 3. The van der Waals surface area contributed by atoms with Gasteiger partial charge in [0.2, 0.25) is 5.88 Å². The Morgan fingerprint density at radius 2 is 2.11 bits per heavy atom. The minimum atomic E-state index is -2.60. The van der Waals surface area contributed by atoms with Crippen LogP contribution in [0.3, 0.4) is 0 Å². The van der Waals surface area contributed by atoms with Gasteiger partial charge in [-0.3, -0.25) is 19.4 Å². The molecule has 4 N–H and O–H groups in total. The molecular formula is C16H14F2N6O3. The normalized spacial score (nSPS) is 14.0. The fourth-order valence-corrected chi connectivity index (χ4v) is 2.92. The van der Waals surface area contributed by atoms with Crippen molar-refractivity contribution in [1.82, 2.24) is 25.1 Å². The Labute approximate surface area is 150 Å². The van der Waals surface area contributed by atoms with Crippen molar-refractivity contribution in [1.29, 1.82) is 0 Å². The van der Waals surface area contributed by atoms with Crippen molar-refractivity contribution >= 4 is 22.6 Å². The molecule has 2 aromatic heterocycles. The van der Waals surface area contributed by atoms with Crippen LogP contribution in [0.2, 0.25) is 0 Å². The van der Waals surface area contributed by atoms with Gasteiger partial charge in [0.05, 0.1) is 17.4 Å². The Kier molecular flexibility index (Phi) is 3.98. The zero-order chi connectivity index (χ0) is 19.1. The van der Waals surface area contributed by atoms with E-state index in [1.807, 2.05) is 0 Å². The molecule has 1 amide bonds. The number of nitrogens with zero attached hydrogens (tertiary/aromatic N) is 3. The van der Waals surface area contributed by atoms with E-state index in [9.17, 15) is 18.4 Å². The second kappa shape index (κ2) is 6.34. The van der Waals surface area contributed by atoms with Crippen LogP contribution in [0.5, 0.6) is 5.88 Å². The number of benzene rings is 1. The molecule has 0 atom stereocenters. The van der Waals surface area contributed by atoms with E-state index in [4.69, 9.17) is 10.5 Å². The minimum Gasteiger partial charge on any atom is -0.475 e. The van der Waals surface area contributed by atoms with Gasteiger partial charge in [0.1, 0.15) is 24.5 Å². The van der Waals surface area contributed by atoms with E-state index in [1.165, 1.54) is 12.1 Å². The largest absolute Gasteiger partial charge is 0.475 e. The molecule has 0 radical (unpaired) electrons. The van der Waals surface area contributed by atoms with Crippen molar-refractivity contribution in [2.24, 2.45) is 0 Å². The van der Waals surface area contributed by atoms with E-state index < -0.39 is 24.4 Å². The average Bonchev–Trinajstić information content (AvgIpc) is 2.79. The molecule has 4 rings (SSSR count). The highest BCUT2D eigenvalue weighted by Gasteiger charge is 2.24. The number of nitrogens with one attached hydrogen (secondary N) is 2. The number of nitrogen functional groups attached to an aromatic ring is 1. The number of fused-ring (bicyclic) bond motifs is 2. The molecule has 11 heteroatoms. The molecule has 27 heavy (non-hydrogen) atoms. The molecule has 1 aliphatic heterocycles. The summed E-state index contributed by atoms with van der Waals surface area (Å²) in [6.45, 7) is -0.0872. The van der Waals surface area contributed by atoms with Crippen LogP contribution in [0.25, 0.3) is 22.3 Å². The first-order valence-corrected chi connectivity index (χ1v) is 8.03. The number of rotatable bonds is 3. The Hall–Kier alpha value is -3.50. The predicted octanol–water partition coefficient (Wildman–Crippen LogP) is 0.756. The van der Waals surface area contributed by atoms with Gasteiger partial charge >= 0.3 is 0 Å². The van der Waals surface area contributed by atoms with Gasteiger partial charge in [-0.25, -0.2) is 13.8 Å². The van der Waals surface area contributed by atoms with E-state index in [1.54, 1.807) is 6.07 Å². The van der Waals surface area contributed by atoms with Crippen LogP contribution in [0, 0.1) is 0 Å². The van der Waals surface area contributed by atoms with Gasteiger partial charge in [0.15, 0.2) is 5.82 Å². The quantitative estimate of drug-likeness (QED) is 0.619. The fraction of sp³-hybridized carbons (Fsp3) is 0.250. The highest BCUT2D eigenvalue weighted by atomic mass is 19.3. The average molecular weight is 376 g/mol. The molecule has 9 nitrogen and oxygen atoms in total. The second-order valence-corrected chi connectivity index (χ2v) is 5.89. The summed E-state index contributed by atoms with van der Waals surface area (Å²) in [7, 11) is 0. The lowest BCUT2D eigenvalue weighted by Crippen LogP contribution is -2.25. The number of alkyl halides is 2. The number of H-pyrrole nitrogens is 1. The van der Waals surface area contributed by atoms with Gasteiger partial charge in [-0.05, 0) is 18.2 Å². The number of aromatic amines is 1. The van der Waals surface area contributed by atoms with Crippen LogP contribution in [0.4, 0.5) is 14.6 Å². The van der Waals surface area contributed by atoms with Crippen LogP contribution in [-0.4, -0.2) is 45.2 Å². The van der Waals surface area contributed by atoms with Crippen LogP contribution in [-0.2, 0) is 6.54 Å². The van der Waals surface area contributed by atoms with E-state index in [-0.39, 0.29) is 35.1 Å². The molecule has 1 aromatic carbocycles. The Balaban J connectivity index is 1.82. The summed E-state index contributed by atoms with van der Waals surface area (Å²) in [5.41, 5.74) is 6.21. The Bertz CT molecular complexity index is 1110. The van der Waals surface area contributed by atoms with Crippen molar-refractivity contribution in [3.8, 4) is 17.3 Å². The molecule has 0 unspecified atom stereocenters. The first-order valence-electron chi connectivity index (χ1n) is 8.03. The molecule has 1 aliphatic rings. The molecular weight excluding hydrogens is 362 g/mol. The maximum atomic E-state index is 12.6. The summed E-state index contributed by atoms with van der Waals surface area (Å²) in [6.07, 6.45) is -2.60. The molecule has 3 heterocycles. The molecule has 0 saturated carbocycles. The number of halogens is 2. The maximum Gasteiger partial charge on any atom is 0.271 e. The summed E-state index contributed by atoms with van der Waals surface area (Å²) in [5.74, 6) is -0.276. The highest BCUT2D eigenvalue weighted by Crippen LogP contribution is 2.28. The van der Waals surface area contributed by atoms with Crippen LogP contribution in [0.15, 0.2) is 23.0 Å². The topological polar surface area (TPSA) is 128 Å². The van der Waals surface area contributed by atoms with Gasteiger partial charge in [-0.15, -0.1) is 0 Å². The maximum absolute atomic E-state index is 12.6. The smallest absolute Gasteiger partial charge is 0.271 e. The number of carbonyl (C=O) groups excluding carboxylic acids is 1. The zero-order valence-corrected chi connectivity index (χ0v) is 13.8. The van der Waals surface area contributed by atoms with Gasteiger partial charge in [0, 0.05) is 5.56 Å². The summed E-state index contributed by atoms with van der Waals surface area (Å²) in [5, 5.41) is 5.21. The lowest BCUT2D eigenvalue weighted by Gasteiger charge is -2.09.